The van der Waals surface area contributed by atoms with E-state index in [1.807, 2.05) is 0 Å². The Morgan fingerprint density at radius 1 is 1.57 bits per heavy atom. The molecule has 0 radical (unpaired) electrons. The zero-order valence-electron chi connectivity index (χ0n) is 9.68. The molecule has 14 heavy (non-hydrogen) atoms. The zero-order chi connectivity index (χ0) is 10.6. The lowest BCUT2D eigenvalue weighted by Gasteiger charge is -2.32. The fourth-order valence-electron chi connectivity index (χ4n) is 2.61. The van der Waals surface area contributed by atoms with E-state index in [4.69, 9.17) is 16.3 Å². The lowest BCUT2D eigenvalue weighted by atomic mass is 9.75. The SMILES string of the molecule is CCCC(C)CC1(CCl)CCOC1C. The highest BCUT2D eigenvalue weighted by Crippen LogP contribution is 2.42. The van der Waals surface area contributed by atoms with E-state index in [-0.39, 0.29) is 5.41 Å². The minimum absolute atomic E-state index is 0.260. The summed E-state index contributed by atoms with van der Waals surface area (Å²) >= 11 is 6.12. The van der Waals surface area contributed by atoms with E-state index < -0.39 is 0 Å². The minimum Gasteiger partial charge on any atom is -0.378 e. The van der Waals surface area contributed by atoms with Crippen molar-refractivity contribution in [1.29, 1.82) is 0 Å². The van der Waals surface area contributed by atoms with Gasteiger partial charge in [-0.1, -0.05) is 26.7 Å². The van der Waals surface area contributed by atoms with Crippen molar-refractivity contribution in [2.24, 2.45) is 11.3 Å². The van der Waals surface area contributed by atoms with Crippen molar-refractivity contribution < 1.29 is 4.74 Å². The summed E-state index contributed by atoms with van der Waals surface area (Å²) in [5, 5.41) is 0. The van der Waals surface area contributed by atoms with E-state index in [1.54, 1.807) is 0 Å². The molecule has 3 unspecified atom stereocenters. The Morgan fingerprint density at radius 3 is 2.71 bits per heavy atom. The fourth-order valence-corrected chi connectivity index (χ4v) is 3.07. The Hall–Kier alpha value is 0.250. The van der Waals surface area contributed by atoms with Crippen LogP contribution < -0.4 is 0 Å². The predicted molar refractivity (Wildman–Crippen MR) is 61.9 cm³/mol. The van der Waals surface area contributed by atoms with Gasteiger partial charge < -0.3 is 4.74 Å². The molecular weight excluding hydrogens is 196 g/mol. The quantitative estimate of drug-likeness (QED) is 0.637. The van der Waals surface area contributed by atoms with Gasteiger partial charge in [0.1, 0.15) is 0 Å². The zero-order valence-corrected chi connectivity index (χ0v) is 10.4. The molecule has 2 heteroatoms. The second-order valence-corrected chi connectivity index (χ2v) is 5.12. The molecule has 0 aromatic heterocycles. The summed E-state index contributed by atoms with van der Waals surface area (Å²) in [7, 11) is 0. The van der Waals surface area contributed by atoms with E-state index in [0.29, 0.717) is 6.10 Å². The van der Waals surface area contributed by atoms with Gasteiger partial charge in [0.25, 0.3) is 0 Å². The van der Waals surface area contributed by atoms with Crippen molar-refractivity contribution in [2.75, 3.05) is 12.5 Å². The summed E-state index contributed by atoms with van der Waals surface area (Å²) in [5.41, 5.74) is 0.260. The van der Waals surface area contributed by atoms with Crippen LogP contribution in [0.15, 0.2) is 0 Å². The van der Waals surface area contributed by atoms with Crippen molar-refractivity contribution in [1.82, 2.24) is 0 Å². The molecule has 0 aromatic rings. The molecule has 1 heterocycles. The maximum Gasteiger partial charge on any atom is 0.0615 e. The van der Waals surface area contributed by atoms with Gasteiger partial charge in [-0.2, -0.15) is 0 Å². The molecule has 1 saturated heterocycles. The minimum atomic E-state index is 0.260. The standard InChI is InChI=1S/C12H23ClO/c1-4-5-10(2)8-12(9-13)6-7-14-11(12)3/h10-11H,4-9H2,1-3H3. The van der Waals surface area contributed by atoms with E-state index in [9.17, 15) is 0 Å². The first-order valence-electron chi connectivity index (χ1n) is 5.82. The topological polar surface area (TPSA) is 9.23 Å². The molecule has 0 N–H and O–H groups in total. The Labute approximate surface area is 93.2 Å². The second kappa shape index (κ2) is 5.37. The molecule has 1 aliphatic heterocycles. The van der Waals surface area contributed by atoms with Crippen molar-refractivity contribution in [3.8, 4) is 0 Å². The fraction of sp³-hybridized carbons (Fsp3) is 1.00. The molecular formula is C12H23ClO. The maximum atomic E-state index is 6.12. The molecule has 0 saturated carbocycles. The van der Waals surface area contributed by atoms with Crippen LogP contribution in [-0.2, 0) is 4.74 Å². The van der Waals surface area contributed by atoms with E-state index in [0.717, 1.165) is 24.8 Å². The summed E-state index contributed by atoms with van der Waals surface area (Å²) in [6.07, 6.45) is 5.30. The molecule has 1 rings (SSSR count). The molecule has 0 bridgehead atoms. The number of ether oxygens (including phenoxy) is 1. The van der Waals surface area contributed by atoms with Crippen LogP contribution >= 0.6 is 11.6 Å². The monoisotopic (exact) mass is 218 g/mol. The second-order valence-electron chi connectivity index (χ2n) is 4.86. The van der Waals surface area contributed by atoms with Crippen LogP contribution in [0.4, 0.5) is 0 Å². The summed E-state index contributed by atoms with van der Waals surface area (Å²) in [6, 6.07) is 0. The molecule has 0 aliphatic carbocycles. The van der Waals surface area contributed by atoms with Crippen LogP contribution in [0, 0.1) is 11.3 Å². The normalized spacial score (nSPS) is 34.7. The van der Waals surface area contributed by atoms with Crippen molar-refractivity contribution in [3.63, 3.8) is 0 Å². The largest absolute Gasteiger partial charge is 0.378 e. The van der Waals surface area contributed by atoms with Gasteiger partial charge in [0.15, 0.2) is 0 Å². The van der Waals surface area contributed by atoms with Crippen LogP contribution in [0.2, 0.25) is 0 Å². The third-order valence-corrected chi connectivity index (χ3v) is 4.17. The number of hydrogen-bond acceptors (Lipinski definition) is 1. The average Bonchev–Trinajstić information content (AvgIpc) is 2.49. The molecule has 0 spiro atoms. The van der Waals surface area contributed by atoms with Gasteiger partial charge in [-0.15, -0.1) is 11.6 Å². The lowest BCUT2D eigenvalue weighted by molar-refractivity contribution is 0.0615. The van der Waals surface area contributed by atoms with Gasteiger partial charge in [-0.05, 0) is 25.7 Å². The maximum absolute atomic E-state index is 6.12. The lowest BCUT2D eigenvalue weighted by Crippen LogP contribution is -2.32. The van der Waals surface area contributed by atoms with E-state index in [2.05, 4.69) is 20.8 Å². The first-order valence-corrected chi connectivity index (χ1v) is 6.35. The predicted octanol–water partition coefficient (Wildman–Crippen LogP) is 3.85. The Kier molecular flexibility index (Phi) is 4.72. The van der Waals surface area contributed by atoms with Crippen LogP contribution in [0.5, 0.6) is 0 Å². The highest BCUT2D eigenvalue weighted by atomic mass is 35.5. The Balaban J connectivity index is 2.52. The van der Waals surface area contributed by atoms with Crippen LogP contribution in [0.3, 0.4) is 0 Å². The van der Waals surface area contributed by atoms with Crippen molar-refractivity contribution in [3.05, 3.63) is 0 Å². The van der Waals surface area contributed by atoms with Crippen molar-refractivity contribution in [2.45, 2.75) is 52.6 Å². The van der Waals surface area contributed by atoms with Crippen LogP contribution in [0.25, 0.3) is 0 Å². The van der Waals surface area contributed by atoms with Gasteiger partial charge >= 0.3 is 0 Å². The van der Waals surface area contributed by atoms with Gasteiger partial charge in [0.2, 0.25) is 0 Å². The molecule has 1 aliphatic rings. The number of halogens is 1. The summed E-state index contributed by atoms with van der Waals surface area (Å²) in [5.74, 6) is 1.53. The summed E-state index contributed by atoms with van der Waals surface area (Å²) in [6.45, 7) is 7.65. The third kappa shape index (κ3) is 2.64. The Morgan fingerprint density at radius 2 is 2.29 bits per heavy atom. The van der Waals surface area contributed by atoms with Crippen molar-refractivity contribution >= 4 is 11.6 Å². The smallest absolute Gasteiger partial charge is 0.0615 e. The van der Waals surface area contributed by atoms with E-state index in [1.165, 1.54) is 19.3 Å². The van der Waals surface area contributed by atoms with Gasteiger partial charge in [-0.25, -0.2) is 0 Å². The van der Waals surface area contributed by atoms with Gasteiger partial charge in [-0.3, -0.25) is 0 Å². The molecule has 0 aromatic carbocycles. The summed E-state index contributed by atoms with van der Waals surface area (Å²) in [4.78, 5) is 0. The third-order valence-electron chi connectivity index (χ3n) is 3.63. The number of hydrogen-bond donors (Lipinski definition) is 0. The van der Waals surface area contributed by atoms with Crippen LogP contribution in [-0.4, -0.2) is 18.6 Å². The molecule has 3 atom stereocenters. The Bertz CT molecular complexity index is 172. The highest BCUT2D eigenvalue weighted by molar-refractivity contribution is 6.18. The molecule has 0 amide bonds. The number of alkyl halides is 1. The number of rotatable bonds is 5. The first-order chi connectivity index (χ1) is 6.64. The van der Waals surface area contributed by atoms with Gasteiger partial charge in [0.05, 0.1) is 6.10 Å². The molecule has 1 nitrogen and oxygen atoms in total. The van der Waals surface area contributed by atoms with Crippen LogP contribution in [0.1, 0.15) is 46.5 Å². The van der Waals surface area contributed by atoms with E-state index >= 15 is 0 Å². The summed E-state index contributed by atoms with van der Waals surface area (Å²) < 4.78 is 5.65. The van der Waals surface area contributed by atoms with Gasteiger partial charge in [0, 0.05) is 17.9 Å². The average molecular weight is 219 g/mol. The highest BCUT2D eigenvalue weighted by Gasteiger charge is 2.41. The first kappa shape index (κ1) is 12.3. The molecule has 84 valence electrons. The molecule has 1 fully saturated rings.